The highest BCUT2D eigenvalue weighted by Gasteiger charge is 2.27. The molecule has 0 bridgehead atoms. The van der Waals surface area contributed by atoms with Crippen LogP contribution in [0.5, 0.6) is 11.8 Å². The molecule has 11 heteroatoms. The lowest BCUT2D eigenvalue weighted by molar-refractivity contribution is -0.112. The standard InChI is InChI=1S/C28H23F2N7O2/c1-14(2)27(38)36-17-7-5-16(6-8-17)24-22(23-25(31)33-13-34-26(23)37(24)4)21-19(29)11-18(12-20(21)30)39-28-32-10-9-15(3)35-28/h5-13H,1H2,2-4H3,(H,36,38)(H2,31,33,34). The predicted molar refractivity (Wildman–Crippen MR) is 144 cm³/mol. The second kappa shape index (κ2) is 9.93. The Morgan fingerprint density at radius 3 is 2.38 bits per heavy atom. The van der Waals surface area contributed by atoms with Gasteiger partial charge in [0.2, 0.25) is 0 Å². The largest absolute Gasteiger partial charge is 0.424 e. The number of nitrogens with two attached hydrogens (primary N) is 1. The molecule has 5 rings (SSSR count). The number of nitrogens with one attached hydrogen (secondary N) is 1. The summed E-state index contributed by atoms with van der Waals surface area (Å²) in [6, 6.07) is 10.5. The fraction of sp³-hybridized carbons (Fsp3) is 0.107. The summed E-state index contributed by atoms with van der Waals surface area (Å²) in [6.07, 6.45) is 2.77. The topological polar surface area (TPSA) is 121 Å². The number of hydrogen-bond donors (Lipinski definition) is 2. The molecule has 39 heavy (non-hydrogen) atoms. The summed E-state index contributed by atoms with van der Waals surface area (Å²) in [6.45, 7) is 6.97. The van der Waals surface area contributed by atoms with Crippen molar-refractivity contribution in [3.63, 3.8) is 0 Å². The molecule has 1 amide bonds. The molecule has 0 fully saturated rings. The smallest absolute Gasteiger partial charge is 0.322 e. The molecule has 0 atom stereocenters. The number of hydrogen-bond acceptors (Lipinski definition) is 7. The van der Waals surface area contributed by atoms with Crippen LogP contribution in [0.4, 0.5) is 20.3 Å². The lowest BCUT2D eigenvalue weighted by atomic mass is 9.97. The van der Waals surface area contributed by atoms with Gasteiger partial charge in [-0.05, 0) is 37.6 Å². The Kier molecular flexibility index (Phi) is 6.48. The van der Waals surface area contributed by atoms with E-state index in [-0.39, 0.29) is 34.6 Å². The molecule has 196 valence electrons. The van der Waals surface area contributed by atoms with Crippen molar-refractivity contribution in [2.75, 3.05) is 11.1 Å². The molecule has 0 spiro atoms. The second-order valence-corrected chi connectivity index (χ2v) is 8.90. The lowest BCUT2D eigenvalue weighted by Gasteiger charge is -2.13. The molecular weight excluding hydrogens is 504 g/mol. The Bertz CT molecular complexity index is 1740. The van der Waals surface area contributed by atoms with Gasteiger partial charge in [-0.15, -0.1) is 0 Å². The van der Waals surface area contributed by atoms with Crippen molar-refractivity contribution in [3.05, 3.63) is 84.5 Å². The van der Waals surface area contributed by atoms with Crippen LogP contribution >= 0.6 is 0 Å². The highest BCUT2D eigenvalue weighted by Crippen LogP contribution is 2.44. The molecule has 3 heterocycles. The number of fused-ring (bicyclic) bond motifs is 1. The molecule has 9 nitrogen and oxygen atoms in total. The summed E-state index contributed by atoms with van der Waals surface area (Å²) in [4.78, 5) is 28.5. The van der Waals surface area contributed by atoms with Crippen LogP contribution in [0.15, 0.2) is 67.1 Å². The first-order valence-electron chi connectivity index (χ1n) is 11.8. The van der Waals surface area contributed by atoms with Crippen molar-refractivity contribution < 1.29 is 18.3 Å². The highest BCUT2D eigenvalue weighted by molar-refractivity contribution is 6.08. The highest BCUT2D eigenvalue weighted by atomic mass is 19.1. The maximum Gasteiger partial charge on any atom is 0.322 e. The number of nitrogens with zero attached hydrogens (tertiary/aromatic N) is 5. The minimum Gasteiger partial charge on any atom is -0.424 e. The number of carbonyl (C=O) groups is 1. The van der Waals surface area contributed by atoms with Crippen molar-refractivity contribution in [3.8, 4) is 34.1 Å². The molecule has 0 saturated heterocycles. The average Bonchev–Trinajstić information content (AvgIpc) is 3.17. The van der Waals surface area contributed by atoms with E-state index in [1.807, 2.05) is 0 Å². The fourth-order valence-corrected chi connectivity index (χ4v) is 4.23. The zero-order chi connectivity index (χ0) is 27.8. The molecule has 0 unspecified atom stereocenters. The molecule has 0 saturated carbocycles. The van der Waals surface area contributed by atoms with Crippen LogP contribution in [0.1, 0.15) is 12.6 Å². The van der Waals surface area contributed by atoms with Gasteiger partial charge in [-0.25, -0.2) is 28.7 Å². The van der Waals surface area contributed by atoms with Gasteiger partial charge < -0.3 is 20.4 Å². The molecule has 2 aromatic carbocycles. The van der Waals surface area contributed by atoms with Gasteiger partial charge in [0.15, 0.2) is 0 Å². The number of anilines is 2. The molecule has 0 aliphatic heterocycles. The van der Waals surface area contributed by atoms with Crippen LogP contribution in [0, 0.1) is 18.6 Å². The van der Waals surface area contributed by atoms with E-state index in [4.69, 9.17) is 10.5 Å². The summed E-state index contributed by atoms with van der Waals surface area (Å²) < 4.78 is 38.6. The summed E-state index contributed by atoms with van der Waals surface area (Å²) in [5.74, 6) is -2.14. The second-order valence-electron chi connectivity index (χ2n) is 8.90. The van der Waals surface area contributed by atoms with E-state index in [1.165, 1.54) is 12.5 Å². The van der Waals surface area contributed by atoms with Gasteiger partial charge in [0.1, 0.15) is 35.2 Å². The van der Waals surface area contributed by atoms with Gasteiger partial charge in [-0.3, -0.25) is 4.79 Å². The van der Waals surface area contributed by atoms with Crippen LogP contribution in [-0.2, 0) is 11.8 Å². The number of carbonyl (C=O) groups excluding carboxylic acids is 1. The molecule has 0 aliphatic rings. The molecule has 0 radical (unpaired) electrons. The van der Waals surface area contributed by atoms with Gasteiger partial charge >= 0.3 is 6.01 Å². The Balaban J connectivity index is 1.66. The van der Waals surface area contributed by atoms with E-state index < -0.39 is 11.6 Å². The first kappa shape index (κ1) is 25.5. The number of halogens is 2. The van der Waals surface area contributed by atoms with Crippen molar-refractivity contribution in [1.29, 1.82) is 0 Å². The molecule has 0 aliphatic carbocycles. The van der Waals surface area contributed by atoms with Crippen LogP contribution in [0.3, 0.4) is 0 Å². The van der Waals surface area contributed by atoms with Gasteiger partial charge in [0.05, 0.1) is 16.6 Å². The molecule has 3 aromatic heterocycles. The Labute approximate surface area is 222 Å². The molecule has 3 N–H and O–H groups in total. The zero-order valence-electron chi connectivity index (χ0n) is 21.3. The van der Waals surface area contributed by atoms with Crippen molar-refractivity contribution in [1.82, 2.24) is 24.5 Å². The van der Waals surface area contributed by atoms with Gasteiger partial charge in [-0.2, -0.15) is 0 Å². The summed E-state index contributed by atoms with van der Waals surface area (Å²) in [5.41, 5.74) is 9.02. The fourth-order valence-electron chi connectivity index (χ4n) is 4.23. The SMILES string of the molecule is C=C(C)C(=O)Nc1ccc(-c2c(-c3c(F)cc(Oc4nccc(C)n4)cc3F)c3c(N)ncnc3n2C)cc1. The maximum atomic E-state index is 15.7. The maximum absolute atomic E-state index is 15.7. The third-order valence-electron chi connectivity index (χ3n) is 6.05. The van der Waals surface area contributed by atoms with Crippen LogP contribution in [0.25, 0.3) is 33.4 Å². The van der Waals surface area contributed by atoms with Crippen molar-refractivity contribution in [2.45, 2.75) is 13.8 Å². The number of rotatable bonds is 6. The van der Waals surface area contributed by atoms with E-state index >= 15 is 8.78 Å². The third-order valence-corrected chi connectivity index (χ3v) is 6.05. The number of benzene rings is 2. The van der Waals surface area contributed by atoms with E-state index in [9.17, 15) is 4.79 Å². The summed E-state index contributed by atoms with van der Waals surface area (Å²) in [5, 5.41) is 3.03. The molecule has 5 aromatic rings. The van der Waals surface area contributed by atoms with E-state index in [0.29, 0.717) is 39.2 Å². The van der Waals surface area contributed by atoms with Gasteiger partial charge in [-0.1, -0.05) is 18.7 Å². The van der Waals surface area contributed by atoms with E-state index in [2.05, 4.69) is 31.8 Å². The lowest BCUT2D eigenvalue weighted by Crippen LogP contribution is -2.11. The van der Waals surface area contributed by atoms with E-state index in [0.717, 1.165) is 12.1 Å². The Morgan fingerprint density at radius 2 is 1.74 bits per heavy atom. The average molecular weight is 528 g/mol. The quantitative estimate of drug-likeness (QED) is 0.277. The number of aromatic nitrogens is 5. The minimum absolute atomic E-state index is 0.0381. The van der Waals surface area contributed by atoms with E-state index in [1.54, 1.807) is 55.8 Å². The summed E-state index contributed by atoms with van der Waals surface area (Å²) >= 11 is 0. The summed E-state index contributed by atoms with van der Waals surface area (Å²) in [7, 11) is 1.72. The number of nitrogen functional groups attached to an aromatic ring is 1. The number of ether oxygens (including phenoxy) is 1. The Morgan fingerprint density at radius 1 is 1.05 bits per heavy atom. The van der Waals surface area contributed by atoms with Crippen LogP contribution in [0.2, 0.25) is 0 Å². The minimum atomic E-state index is -0.889. The van der Waals surface area contributed by atoms with Crippen molar-refractivity contribution in [2.24, 2.45) is 7.05 Å². The Hall–Kier alpha value is -5.19. The molecular formula is C28H23F2N7O2. The van der Waals surface area contributed by atoms with Crippen molar-refractivity contribution >= 4 is 28.4 Å². The monoisotopic (exact) mass is 527 g/mol. The van der Waals surface area contributed by atoms with Crippen LogP contribution < -0.4 is 15.8 Å². The number of amides is 1. The number of aryl methyl sites for hydroxylation is 2. The predicted octanol–water partition coefficient (Wildman–Crippen LogP) is 5.57. The van der Waals surface area contributed by atoms with Crippen LogP contribution in [-0.4, -0.2) is 30.4 Å². The first-order valence-corrected chi connectivity index (χ1v) is 11.8. The normalized spacial score (nSPS) is 11.0. The zero-order valence-corrected chi connectivity index (χ0v) is 21.3. The first-order chi connectivity index (χ1) is 18.6. The van der Waals surface area contributed by atoms with Gasteiger partial charge in [0, 0.05) is 47.9 Å². The third kappa shape index (κ3) is 4.77. The van der Waals surface area contributed by atoms with Gasteiger partial charge in [0.25, 0.3) is 5.91 Å².